The van der Waals surface area contributed by atoms with Gasteiger partial charge in [0.15, 0.2) is 0 Å². The Hall–Kier alpha value is -0.980. The van der Waals surface area contributed by atoms with Crippen LogP contribution in [-0.4, -0.2) is 51.8 Å². The molecule has 1 aromatic rings. The minimum atomic E-state index is -0.801. The average molecular weight is 326 g/mol. The number of carbonyl (C=O) groups is 1. The zero-order valence-corrected chi connectivity index (χ0v) is 14.2. The molecular weight excluding hydrogens is 300 g/mol. The quantitative estimate of drug-likeness (QED) is 0.805. The van der Waals surface area contributed by atoms with Crippen LogP contribution in [0.1, 0.15) is 54.1 Å². The molecule has 1 fully saturated rings. The number of aliphatic hydroxyl groups is 1. The van der Waals surface area contributed by atoms with E-state index in [1.807, 2.05) is 6.92 Å². The Morgan fingerprint density at radius 1 is 1.50 bits per heavy atom. The standard InChI is InChI=1S/C16H26N2O3S/c1-11(10-18-7-4-3-5-13(18)6-8-19)16-17-12(2)14(22-16)9-15(20)21/h11,13,19H,3-10H2,1-2H3,(H,20,21). The molecule has 0 aromatic carbocycles. The number of piperidine rings is 1. The van der Waals surface area contributed by atoms with E-state index in [4.69, 9.17) is 5.11 Å². The molecule has 1 aliphatic heterocycles. The van der Waals surface area contributed by atoms with Crippen LogP contribution in [0, 0.1) is 6.92 Å². The number of hydrogen-bond acceptors (Lipinski definition) is 5. The van der Waals surface area contributed by atoms with Crippen LogP contribution in [0.5, 0.6) is 0 Å². The molecule has 0 radical (unpaired) electrons. The van der Waals surface area contributed by atoms with Gasteiger partial charge >= 0.3 is 5.97 Å². The van der Waals surface area contributed by atoms with Crippen LogP contribution in [0.4, 0.5) is 0 Å². The van der Waals surface area contributed by atoms with E-state index < -0.39 is 5.97 Å². The largest absolute Gasteiger partial charge is 0.481 e. The van der Waals surface area contributed by atoms with Gasteiger partial charge in [-0.1, -0.05) is 13.3 Å². The first kappa shape index (κ1) is 17.4. The van der Waals surface area contributed by atoms with Crippen molar-refractivity contribution in [2.75, 3.05) is 19.7 Å². The van der Waals surface area contributed by atoms with E-state index in [0.29, 0.717) is 12.0 Å². The van der Waals surface area contributed by atoms with Crippen molar-refractivity contribution >= 4 is 17.3 Å². The van der Waals surface area contributed by atoms with Gasteiger partial charge in [-0.3, -0.25) is 9.69 Å². The molecule has 1 saturated heterocycles. The highest BCUT2D eigenvalue weighted by Crippen LogP contribution is 2.28. The summed E-state index contributed by atoms with van der Waals surface area (Å²) in [5.41, 5.74) is 0.847. The molecule has 0 aliphatic carbocycles. The van der Waals surface area contributed by atoms with Crippen molar-refractivity contribution in [3.8, 4) is 0 Å². The zero-order valence-electron chi connectivity index (χ0n) is 13.4. The smallest absolute Gasteiger partial charge is 0.308 e. The predicted molar refractivity (Wildman–Crippen MR) is 87.5 cm³/mol. The van der Waals surface area contributed by atoms with Crippen LogP contribution in [0.25, 0.3) is 0 Å². The minimum Gasteiger partial charge on any atom is -0.481 e. The molecule has 0 bridgehead atoms. The number of carboxylic acids is 1. The van der Waals surface area contributed by atoms with Gasteiger partial charge < -0.3 is 10.2 Å². The monoisotopic (exact) mass is 326 g/mol. The van der Waals surface area contributed by atoms with Gasteiger partial charge in [0.05, 0.1) is 17.1 Å². The Kier molecular flexibility index (Phi) is 6.35. The molecule has 1 aromatic heterocycles. The van der Waals surface area contributed by atoms with Crippen molar-refractivity contribution in [3.63, 3.8) is 0 Å². The SMILES string of the molecule is Cc1nc(C(C)CN2CCCCC2CCO)sc1CC(=O)O. The first-order valence-electron chi connectivity index (χ1n) is 8.04. The van der Waals surface area contributed by atoms with Crippen molar-refractivity contribution in [2.45, 2.75) is 57.9 Å². The first-order valence-corrected chi connectivity index (χ1v) is 8.85. The highest BCUT2D eigenvalue weighted by molar-refractivity contribution is 7.11. The molecule has 0 spiro atoms. The predicted octanol–water partition coefficient (Wildman–Crippen LogP) is 2.42. The lowest BCUT2D eigenvalue weighted by Gasteiger charge is -2.36. The van der Waals surface area contributed by atoms with E-state index in [0.717, 1.165) is 41.5 Å². The molecule has 2 N–H and O–H groups in total. The van der Waals surface area contributed by atoms with Crippen LogP contribution in [0.15, 0.2) is 0 Å². The molecule has 2 atom stereocenters. The summed E-state index contributed by atoms with van der Waals surface area (Å²) in [6.45, 7) is 6.31. The van der Waals surface area contributed by atoms with Crippen LogP contribution >= 0.6 is 11.3 Å². The number of thiazole rings is 1. The second-order valence-corrected chi connectivity index (χ2v) is 7.30. The van der Waals surface area contributed by atoms with Crippen molar-refractivity contribution in [1.29, 1.82) is 0 Å². The maximum atomic E-state index is 10.9. The topological polar surface area (TPSA) is 73.7 Å². The fourth-order valence-electron chi connectivity index (χ4n) is 3.17. The van der Waals surface area contributed by atoms with Gasteiger partial charge in [-0.2, -0.15) is 0 Å². The Morgan fingerprint density at radius 3 is 2.95 bits per heavy atom. The summed E-state index contributed by atoms with van der Waals surface area (Å²) in [5, 5.41) is 19.2. The van der Waals surface area contributed by atoms with Crippen molar-refractivity contribution in [1.82, 2.24) is 9.88 Å². The third kappa shape index (κ3) is 4.51. The van der Waals surface area contributed by atoms with Crippen molar-refractivity contribution in [3.05, 3.63) is 15.6 Å². The first-order chi connectivity index (χ1) is 10.5. The highest BCUT2D eigenvalue weighted by Gasteiger charge is 2.25. The van der Waals surface area contributed by atoms with Gasteiger partial charge in [-0.25, -0.2) is 4.98 Å². The number of carboxylic acid groups (broad SMARTS) is 1. The number of rotatable bonds is 7. The summed E-state index contributed by atoms with van der Waals surface area (Å²) >= 11 is 1.53. The molecular formula is C16H26N2O3S. The number of likely N-dealkylation sites (tertiary alicyclic amines) is 1. The number of nitrogens with zero attached hydrogens (tertiary/aromatic N) is 2. The van der Waals surface area contributed by atoms with Gasteiger partial charge in [0.2, 0.25) is 0 Å². The summed E-state index contributed by atoms with van der Waals surface area (Å²) in [6, 6.07) is 0.473. The Morgan fingerprint density at radius 2 is 2.27 bits per heavy atom. The van der Waals surface area contributed by atoms with E-state index in [-0.39, 0.29) is 13.0 Å². The van der Waals surface area contributed by atoms with Gasteiger partial charge in [-0.15, -0.1) is 11.3 Å². The van der Waals surface area contributed by atoms with Crippen molar-refractivity contribution in [2.24, 2.45) is 0 Å². The Bertz CT molecular complexity index is 502. The lowest BCUT2D eigenvalue weighted by atomic mass is 9.98. The van der Waals surface area contributed by atoms with Gasteiger partial charge in [0.1, 0.15) is 0 Å². The number of aliphatic hydroxyl groups excluding tert-OH is 1. The Balaban J connectivity index is 2.01. The van der Waals surface area contributed by atoms with E-state index in [2.05, 4.69) is 16.8 Å². The normalized spacial score (nSPS) is 21.0. The van der Waals surface area contributed by atoms with Gasteiger partial charge in [0, 0.05) is 30.0 Å². The van der Waals surface area contributed by atoms with Crippen LogP contribution in [0.2, 0.25) is 0 Å². The maximum Gasteiger partial charge on any atom is 0.308 e. The molecule has 1 aliphatic rings. The van der Waals surface area contributed by atoms with E-state index in [1.165, 1.54) is 24.2 Å². The average Bonchev–Trinajstić information content (AvgIpc) is 2.82. The highest BCUT2D eigenvalue weighted by atomic mass is 32.1. The van der Waals surface area contributed by atoms with Gasteiger partial charge in [0.25, 0.3) is 0 Å². The summed E-state index contributed by atoms with van der Waals surface area (Å²) < 4.78 is 0. The van der Waals surface area contributed by atoms with Crippen LogP contribution < -0.4 is 0 Å². The Labute approximate surface area is 136 Å². The van der Waals surface area contributed by atoms with Gasteiger partial charge in [-0.05, 0) is 32.7 Å². The molecule has 124 valence electrons. The molecule has 2 heterocycles. The molecule has 0 saturated carbocycles. The second-order valence-electron chi connectivity index (χ2n) is 6.19. The summed E-state index contributed by atoms with van der Waals surface area (Å²) in [5.74, 6) is -0.504. The maximum absolute atomic E-state index is 10.9. The molecule has 0 amide bonds. The molecule has 6 heteroatoms. The number of aliphatic carboxylic acids is 1. The summed E-state index contributed by atoms with van der Waals surface area (Å²) in [4.78, 5) is 18.8. The fourth-order valence-corrected chi connectivity index (χ4v) is 4.27. The summed E-state index contributed by atoms with van der Waals surface area (Å²) in [7, 11) is 0. The van der Waals surface area contributed by atoms with E-state index in [1.54, 1.807) is 0 Å². The minimum absolute atomic E-state index is 0.0626. The van der Waals surface area contributed by atoms with E-state index in [9.17, 15) is 9.90 Å². The zero-order chi connectivity index (χ0) is 16.1. The second kappa shape index (κ2) is 8.04. The number of aryl methyl sites for hydroxylation is 1. The molecule has 22 heavy (non-hydrogen) atoms. The lowest BCUT2D eigenvalue weighted by Crippen LogP contribution is -2.42. The third-order valence-corrected chi connectivity index (χ3v) is 5.75. The molecule has 2 rings (SSSR count). The van der Waals surface area contributed by atoms with Crippen molar-refractivity contribution < 1.29 is 15.0 Å². The molecule has 2 unspecified atom stereocenters. The number of hydrogen-bond donors (Lipinski definition) is 2. The van der Waals surface area contributed by atoms with Crippen LogP contribution in [0.3, 0.4) is 0 Å². The fraction of sp³-hybridized carbons (Fsp3) is 0.750. The lowest BCUT2D eigenvalue weighted by molar-refractivity contribution is -0.136. The summed E-state index contributed by atoms with van der Waals surface area (Å²) in [6.07, 6.45) is 4.53. The number of aromatic nitrogens is 1. The molecule has 5 nitrogen and oxygen atoms in total. The third-order valence-electron chi connectivity index (χ3n) is 4.36. The van der Waals surface area contributed by atoms with Crippen LogP contribution in [-0.2, 0) is 11.2 Å². The van der Waals surface area contributed by atoms with E-state index >= 15 is 0 Å².